The van der Waals surface area contributed by atoms with Crippen LogP contribution in [0.5, 0.6) is 5.75 Å². The highest BCUT2D eigenvalue weighted by Gasteiger charge is 2.18. The van der Waals surface area contributed by atoms with Crippen LogP contribution in [0.15, 0.2) is 84.0 Å². The van der Waals surface area contributed by atoms with E-state index in [9.17, 15) is 9.90 Å². The fraction of sp³-hybridized carbons (Fsp3) is 0.0952. The maximum atomic E-state index is 10.8. The second kappa shape index (κ2) is 8.56. The van der Waals surface area contributed by atoms with E-state index < -0.39 is 5.97 Å². The minimum Gasteiger partial charge on any atom is -0.545 e. The van der Waals surface area contributed by atoms with Crippen molar-refractivity contribution >= 4 is 5.97 Å². The smallest absolute Gasteiger partial charge is 0.215 e. The molecule has 6 heteroatoms. The third kappa shape index (κ3) is 4.66. The molecule has 3 aromatic carbocycles. The summed E-state index contributed by atoms with van der Waals surface area (Å²) < 4.78 is 5.82. The number of benzene rings is 3. The number of aromatic carboxylic acids is 1. The number of ether oxygens (including phenoxy) is 1. The summed E-state index contributed by atoms with van der Waals surface area (Å²) in [6.45, 7) is 0.298. The van der Waals surface area contributed by atoms with Gasteiger partial charge < -0.3 is 14.6 Å². The molecule has 0 aliphatic rings. The summed E-state index contributed by atoms with van der Waals surface area (Å²) >= 11 is 0. The van der Waals surface area contributed by atoms with Crippen LogP contribution in [0.3, 0.4) is 0 Å². The van der Waals surface area contributed by atoms with Gasteiger partial charge in [0, 0.05) is 0 Å². The highest BCUT2D eigenvalue weighted by atomic mass is 16.5. The summed E-state index contributed by atoms with van der Waals surface area (Å²) in [6, 6.07) is 23.1. The average molecular weight is 359 g/mol. The van der Waals surface area contributed by atoms with Gasteiger partial charge in [0.2, 0.25) is 4.91 Å². The first-order valence-corrected chi connectivity index (χ1v) is 8.32. The molecule has 1 unspecified atom stereocenters. The molecule has 0 radical (unpaired) electrons. The largest absolute Gasteiger partial charge is 0.545 e. The van der Waals surface area contributed by atoms with E-state index in [0.29, 0.717) is 12.4 Å². The van der Waals surface area contributed by atoms with Crippen LogP contribution in [0.4, 0.5) is 0 Å². The van der Waals surface area contributed by atoms with Crippen molar-refractivity contribution in [1.82, 2.24) is 4.91 Å². The number of hydrogen-bond donors (Lipinski definition) is 1. The van der Waals surface area contributed by atoms with Gasteiger partial charge in [-0.1, -0.05) is 66.7 Å². The number of hydrogen-bond acceptors (Lipinski definition) is 5. The number of carbonyl (C=O) groups is 1. The number of carbonyl (C=O) groups excluding carboxylic acids is 1. The van der Waals surface area contributed by atoms with Crippen molar-refractivity contribution in [1.29, 1.82) is 5.53 Å². The minimum absolute atomic E-state index is 0.132. The van der Waals surface area contributed by atoms with Gasteiger partial charge in [0.15, 0.2) is 6.04 Å². The van der Waals surface area contributed by atoms with Crippen LogP contribution in [0.1, 0.15) is 33.1 Å². The lowest BCUT2D eigenvalue weighted by atomic mass is 9.99. The van der Waals surface area contributed by atoms with Gasteiger partial charge in [-0.25, -0.2) is 0 Å². The van der Waals surface area contributed by atoms with Crippen molar-refractivity contribution in [3.8, 4) is 5.75 Å². The van der Waals surface area contributed by atoms with Crippen molar-refractivity contribution in [3.63, 3.8) is 0 Å². The Hall–Kier alpha value is -3.76. The molecule has 6 nitrogen and oxygen atoms in total. The molecule has 0 amide bonds. The van der Waals surface area contributed by atoms with Gasteiger partial charge in [-0.3, -0.25) is 0 Å². The van der Waals surface area contributed by atoms with Gasteiger partial charge in [-0.2, -0.15) is 0 Å². The second-order valence-electron chi connectivity index (χ2n) is 5.87. The van der Waals surface area contributed by atoms with E-state index >= 15 is 0 Å². The normalized spacial score (nSPS) is 11.3. The lowest BCUT2D eigenvalue weighted by Gasteiger charge is -2.11. The number of nitrogens with one attached hydrogen (secondary N) is 1. The van der Waals surface area contributed by atoms with E-state index in [4.69, 9.17) is 10.3 Å². The quantitative estimate of drug-likeness (QED) is 0.517. The molecule has 0 aromatic heterocycles. The summed E-state index contributed by atoms with van der Waals surface area (Å²) in [5.41, 5.74) is 9.88. The molecule has 0 saturated heterocycles. The Labute approximate surface area is 156 Å². The van der Waals surface area contributed by atoms with E-state index in [1.165, 1.54) is 12.1 Å². The lowest BCUT2D eigenvalue weighted by molar-refractivity contribution is -0.255. The van der Waals surface area contributed by atoms with Gasteiger partial charge in [-0.05, 0) is 34.4 Å². The van der Waals surface area contributed by atoms with Crippen molar-refractivity contribution in [2.45, 2.75) is 12.6 Å². The topological polar surface area (TPSA) is 99.7 Å². The molecule has 0 heterocycles. The summed E-state index contributed by atoms with van der Waals surface area (Å²) in [7, 11) is 0. The Morgan fingerprint density at radius 3 is 2.37 bits per heavy atom. The van der Waals surface area contributed by atoms with Crippen molar-refractivity contribution in [2.24, 2.45) is 5.11 Å². The molecule has 134 valence electrons. The third-order valence-corrected chi connectivity index (χ3v) is 4.06. The molecular formula is C21H17N3O3. The fourth-order valence-corrected chi connectivity index (χ4v) is 2.70. The molecule has 27 heavy (non-hydrogen) atoms. The monoisotopic (exact) mass is 359 g/mol. The van der Waals surface area contributed by atoms with E-state index in [1.807, 2.05) is 54.6 Å². The van der Waals surface area contributed by atoms with Crippen LogP contribution in [-0.4, -0.2) is 5.97 Å². The third-order valence-electron chi connectivity index (χ3n) is 4.06. The van der Waals surface area contributed by atoms with Gasteiger partial charge in [-0.15, -0.1) is 0 Å². The van der Waals surface area contributed by atoms with E-state index in [0.717, 1.165) is 16.7 Å². The zero-order valence-corrected chi connectivity index (χ0v) is 14.4. The van der Waals surface area contributed by atoms with E-state index in [2.05, 4.69) is 10.0 Å². The minimum atomic E-state index is -1.20. The number of carboxylic acid groups (broad SMARTS) is 1. The zero-order valence-electron chi connectivity index (χ0n) is 14.4. The second-order valence-corrected chi connectivity index (χ2v) is 5.87. The molecule has 1 N–H and O–H groups in total. The Kier molecular flexibility index (Phi) is 5.72. The van der Waals surface area contributed by atoms with Crippen LogP contribution < -0.4 is 14.8 Å². The van der Waals surface area contributed by atoms with Gasteiger partial charge >= 0.3 is 0 Å². The number of rotatable bonds is 7. The van der Waals surface area contributed by atoms with Gasteiger partial charge in [0.05, 0.1) is 5.97 Å². The molecule has 3 rings (SSSR count). The van der Waals surface area contributed by atoms with Gasteiger partial charge in [0.25, 0.3) is 0 Å². The predicted octanol–water partition coefficient (Wildman–Crippen LogP) is 3.27. The Bertz CT molecular complexity index is 965. The molecule has 0 bridgehead atoms. The highest BCUT2D eigenvalue weighted by molar-refractivity contribution is 5.85. The van der Waals surface area contributed by atoms with Crippen molar-refractivity contribution < 1.29 is 14.6 Å². The standard InChI is InChI=1S/C21H17N3O3/c22-24-23-20(16-5-2-1-3-6-16)18-7-4-8-19(13-18)27-14-15-9-11-17(12-10-15)21(25)26/h1-13,20,22H,14H2. The first-order valence-electron chi connectivity index (χ1n) is 8.32. The molecular weight excluding hydrogens is 342 g/mol. The van der Waals surface area contributed by atoms with Gasteiger partial charge in [0.1, 0.15) is 23.0 Å². The molecule has 0 saturated carbocycles. The molecule has 0 fully saturated rings. The lowest BCUT2D eigenvalue weighted by Crippen LogP contribution is -2.22. The summed E-state index contributed by atoms with van der Waals surface area (Å²) in [5.74, 6) is -0.553. The fourth-order valence-electron chi connectivity index (χ4n) is 2.70. The maximum Gasteiger partial charge on any atom is 0.215 e. The highest BCUT2D eigenvalue weighted by Crippen LogP contribution is 2.28. The molecule has 1 atom stereocenters. The molecule has 3 aromatic rings. The number of carboxylic acids is 1. The first kappa shape index (κ1) is 18.0. The Balaban J connectivity index is 1.76. The SMILES string of the molecule is N=[N+]=NC(c1ccccc1)c1cccc(OCc2ccc(C(=O)[O-])cc2)c1. The van der Waals surface area contributed by atoms with Crippen LogP contribution in [0, 0.1) is 5.53 Å². The first-order chi connectivity index (χ1) is 13.2. The van der Waals surface area contributed by atoms with Crippen molar-refractivity contribution in [3.05, 3.63) is 101 Å². The van der Waals surface area contributed by atoms with Crippen molar-refractivity contribution in [2.75, 3.05) is 0 Å². The summed E-state index contributed by atoms with van der Waals surface area (Å²) in [6.07, 6.45) is 0. The average Bonchev–Trinajstić information content (AvgIpc) is 2.71. The Morgan fingerprint density at radius 1 is 1.00 bits per heavy atom. The molecule has 0 spiro atoms. The Morgan fingerprint density at radius 2 is 1.70 bits per heavy atom. The maximum absolute atomic E-state index is 10.8. The molecule has 0 aliphatic carbocycles. The predicted molar refractivity (Wildman–Crippen MR) is 97.1 cm³/mol. The van der Waals surface area contributed by atoms with Crippen LogP contribution >= 0.6 is 0 Å². The summed E-state index contributed by atoms with van der Waals surface area (Å²) in [5, 5.41) is 14.8. The van der Waals surface area contributed by atoms with Crippen LogP contribution in [0.2, 0.25) is 0 Å². The van der Waals surface area contributed by atoms with E-state index in [-0.39, 0.29) is 11.6 Å². The molecule has 0 aliphatic heterocycles. The number of nitrogens with zero attached hydrogens (tertiary/aromatic N) is 2. The van der Waals surface area contributed by atoms with Crippen LogP contribution in [0.25, 0.3) is 0 Å². The zero-order chi connectivity index (χ0) is 19.1. The van der Waals surface area contributed by atoms with E-state index in [1.54, 1.807) is 12.1 Å². The summed E-state index contributed by atoms with van der Waals surface area (Å²) in [4.78, 5) is 14.0. The van der Waals surface area contributed by atoms with Crippen LogP contribution in [-0.2, 0) is 6.61 Å².